The van der Waals surface area contributed by atoms with Crippen LogP contribution in [0.5, 0.6) is 0 Å². The van der Waals surface area contributed by atoms with Crippen molar-refractivity contribution >= 4 is 19.7 Å². The highest BCUT2D eigenvalue weighted by atomic mass is 32.2. The Hall–Kier alpha value is -1.66. The van der Waals surface area contributed by atoms with E-state index in [0.717, 1.165) is 24.0 Å². The molecule has 0 amide bonds. The van der Waals surface area contributed by atoms with Crippen molar-refractivity contribution in [1.29, 1.82) is 0 Å². The van der Waals surface area contributed by atoms with E-state index in [9.17, 15) is 16.8 Å². The summed E-state index contributed by atoms with van der Waals surface area (Å²) in [5.74, 6) is 0.605. The molecule has 0 N–H and O–H groups in total. The number of hydrogen-bond donors (Lipinski definition) is 0. The Labute approximate surface area is 181 Å². The van der Waals surface area contributed by atoms with Gasteiger partial charge < -0.3 is 0 Å². The Morgan fingerprint density at radius 3 is 1.90 bits per heavy atom. The maximum atomic E-state index is 13.0. The van der Waals surface area contributed by atoms with Crippen molar-refractivity contribution in [3.05, 3.63) is 71.8 Å². The lowest BCUT2D eigenvalue weighted by molar-refractivity contribution is 0.229. The van der Waals surface area contributed by atoms with Crippen LogP contribution >= 0.6 is 0 Å². The van der Waals surface area contributed by atoms with Crippen LogP contribution in [0.25, 0.3) is 0 Å². The van der Waals surface area contributed by atoms with Gasteiger partial charge in [-0.15, -0.1) is 0 Å². The van der Waals surface area contributed by atoms with Crippen LogP contribution in [0.2, 0.25) is 0 Å². The number of hydrogen-bond acceptors (Lipinski definition) is 4. The lowest BCUT2D eigenvalue weighted by atomic mass is 9.76. The molecule has 1 aliphatic rings. The van der Waals surface area contributed by atoms with Gasteiger partial charge in [0.05, 0.1) is 22.5 Å². The van der Waals surface area contributed by atoms with Gasteiger partial charge in [-0.3, -0.25) is 0 Å². The van der Waals surface area contributed by atoms with Gasteiger partial charge in [0.1, 0.15) is 0 Å². The third-order valence-electron chi connectivity index (χ3n) is 6.35. The summed E-state index contributed by atoms with van der Waals surface area (Å²) in [6.07, 6.45) is 2.15. The van der Waals surface area contributed by atoms with Crippen LogP contribution in [0.4, 0.5) is 0 Å². The zero-order valence-electron chi connectivity index (χ0n) is 17.8. The lowest BCUT2D eigenvalue weighted by Crippen LogP contribution is -2.37. The van der Waals surface area contributed by atoms with E-state index >= 15 is 0 Å². The molecule has 3 rings (SSSR count). The molecular weight excluding hydrogens is 416 g/mol. The monoisotopic (exact) mass is 448 g/mol. The van der Waals surface area contributed by atoms with Gasteiger partial charge in [0.15, 0.2) is 19.7 Å². The molecule has 4 atom stereocenters. The van der Waals surface area contributed by atoms with Crippen molar-refractivity contribution in [3.63, 3.8) is 0 Å². The number of benzene rings is 2. The average molecular weight is 449 g/mol. The molecule has 0 saturated heterocycles. The zero-order valence-corrected chi connectivity index (χ0v) is 19.4. The van der Waals surface area contributed by atoms with Gasteiger partial charge in [-0.2, -0.15) is 0 Å². The summed E-state index contributed by atoms with van der Waals surface area (Å²) in [7, 11) is -6.43. The highest BCUT2D eigenvalue weighted by molar-refractivity contribution is 7.91. The van der Waals surface area contributed by atoms with E-state index in [4.69, 9.17) is 0 Å². The number of rotatable bonds is 8. The summed E-state index contributed by atoms with van der Waals surface area (Å²) >= 11 is 0. The molecule has 4 unspecified atom stereocenters. The molecule has 1 saturated carbocycles. The van der Waals surface area contributed by atoms with E-state index in [1.807, 2.05) is 74.5 Å². The fraction of sp³-hybridized carbons (Fsp3) is 0.500. The molecule has 0 spiro atoms. The van der Waals surface area contributed by atoms with Gasteiger partial charge in [-0.25, -0.2) is 16.8 Å². The first-order chi connectivity index (χ1) is 14.2. The first-order valence-corrected chi connectivity index (χ1v) is 14.2. The predicted octanol–water partition coefficient (Wildman–Crippen LogP) is 4.66. The van der Waals surface area contributed by atoms with Gasteiger partial charge >= 0.3 is 0 Å². The number of sulfone groups is 2. The zero-order chi connectivity index (χ0) is 21.8. The van der Waals surface area contributed by atoms with Crippen molar-refractivity contribution in [2.45, 2.75) is 49.9 Å². The quantitative estimate of drug-likeness (QED) is 0.589. The molecule has 6 heteroatoms. The van der Waals surface area contributed by atoms with Crippen LogP contribution in [0, 0.1) is 17.8 Å². The summed E-state index contributed by atoms with van der Waals surface area (Å²) in [6, 6.07) is 18.6. The third-order valence-corrected chi connectivity index (χ3v) is 10.5. The van der Waals surface area contributed by atoms with Crippen LogP contribution in [0.3, 0.4) is 0 Å². The maximum Gasteiger partial charge on any atom is 0.157 e. The third kappa shape index (κ3) is 6.17. The molecule has 4 nitrogen and oxygen atoms in total. The summed E-state index contributed by atoms with van der Waals surface area (Å²) in [4.78, 5) is 0. The van der Waals surface area contributed by atoms with Gasteiger partial charge in [0.25, 0.3) is 0 Å². The van der Waals surface area contributed by atoms with Crippen LogP contribution < -0.4 is 0 Å². The van der Waals surface area contributed by atoms with Crippen LogP contribution in [-0.2, 0) is 31.2 Å². The second kappa shape index (κ2) is 9.65. The lowest BCUT2D eigenvalue weighted by Gasteiger charge is -2.36. The van der Waals surface area contributed by atoms with Gasteiger partial charge in [-0.05, 0) is 48.1 Å². The molecule has 30 heavy (non-hydrogen) atoms. The Morgan fingerprint density at radius 2 is 1.37 bits per heavy atom. The van der Waals surface area contributed by atoms with Crippen LogP contribution in [-0.4, -0.2) is 27.8 Å². The minimum absolute atomic E-state index is 0.0268. The van der Waals surface area contributed by atoms with Crippen molar-refractivity contribution in [2.75, 3.05) is 5.75 Å². The molecule has 164 valence electrons. The predicted molar refractivity (Wildman–Crippen MR) is 122 cm³/mol. The normalized spacial score (nSPS) is 23.7. The summed E-state index contributed by atoms with van der Waals surface area (Å²) < 4.78 is 51.3. The van der Waals surface area contributed by atoms with E-state index in [-0.39, 0.29) is 40.3 Å². The molecule has 0 aliphatic heterocycles. The molecule has 0 radical (unpaired) electrons. The Kier molecular flexibility index (Phi) is 7.40. The molecule has 2 aromatic carbocycles. The van der Waals surface area contributed by atoms with E-state index in [0.29, 0.717) is 6.42 Å². The highest BCUT2D eigenvalue weighted by Gasteiger charge is 2.38. The fourth-order valence-corrected chi connectivity index (χ4v) is 8.87. The summed E-state index contributed by atoms with van der Waals surface area (Å²) in [6.45, 7) is 4.00. The first-order valence-electron chi connectivity index (χ1n) is 10.7. The molecule has 0 aromatic heterocycles. The van der Waals surface area contributed by atoms with Crippen molar-refractivity contribution in [3.8, 4) is 0 Å². The van der Waals surface area contributed by atoms with E-state index < -0.39 is 19.7 Å². The van der Waals surface area contributed by atoms with Gasteiger partial charge in [0, 0.05) is 0 Å². The molecule has 1 fully saturated rings. The minimum atomic E-state index is -3.23. The Morgan fingerprint density at radius 1 is 0.833 bits per heavy atom. The molecule has 0 bridgehead atoms. The van der Waals surface area contributed by atoms with Gasteiger partial charge in [-0.1, -0.05) is 74.5 Å². The smallest absolute Gasteiger partial charge is 0.157 e. The van der Waals surface area contributed by atoms with E-state index in [2.05, 4.69) is 0 Å². The standard InChI is InChI=1S/C24H32O4S2/c1-19-15-23(20(2)16-29(25,26)17-21-9-5-3-6-10-21)13-14-24(19)30(27,28)18-22-11-7-4-8-12-22/h3-12,19-20,23-24H,13-18H2,1-2H3. The fourth-order valence-electron chi connectivity index (χ4n) is 4.80. The van der Waals surface area contributed by atoms with Crippen LogP contribution in [0.15, 0.2) is 60.7 Å². The molecular formula is C24H32O4S2. The summed E-state index contributed by atoms with van der Waals surface area (Å²) in [5.41, 5.74) is 1.64. The highest BCUT2D eigenvalue weighted by Crippen LogP contribution is 2.38. The first kappa shape index (κ1) is 23.0. The summed E-state index contributed by atoms with van der Waals surface area (Å²) in [5, 5.41) is -0.345. The van der Waals surface area contributed by atoms with Crippen LogP contribution in [0.1, 0.15) is 44.2 Å². The van der Waals surface area contributed by atoms with Crippen molar-refractivity contribution in [1.82, 2.24) is 0 Å². The Balaban J connectivity index is 1.59. The Bertz CT molecular complexity index is 1020. The second-order valence-electron chi connectivity index (χ2n) is 8.90. The van der Waals surface area contributed by atoms with E-state index in [1.54, 1.807) is 0 Å². The van der Waals surface area contributed by atoms with E-state index in [1.165, 1.54) is 0 Å². The topological polar surface area (TPSA) is 68.3 Å². The SMILES string of the molecule is CC(CS(=O)(=O)Cc1ccccc1)C1CCC(S(=O)(=O)Cc2ccccc2)C(C)C1. The largest absolute Gasteiger partial charge is 0.228 e. The maximum absolute atomic E-state index is 13.0. The molecule has 1 aliphatic carbocycles. The average Bonchev–Trinajstić information content (AvgIpc) is 2.68. The minimum Gasteiger partial charge on any atom is -0.228 e. The van der Waals surface area contributed by atoms with Gasteiger partial charge in [0.2, 0.25) is 0 Å². The molecule has 0 heterocycles. The van der Waals surface area contributed by atoms with Crippen molar-refractivity contribution in [2.24, 2.45) is 17.8 Å². The second-order valence-corrected chi connectivity index (χ2v) is 13.2. The molecule has 2 aromatic rings. The van der Waals surface area contributed by atoms with Crippen molar-refractivity contribution < 1.29 is 16.8 Å².